The molecule has 2 aliphatic rings. The Balaban J connectivity index is 1.59. The SMILES string of the molecule is CC(C)(C)OC(=O)N1CCCCCCNC(=O)[C@@H]2C[C@@H](c3nc(-c4ccccc4)no3)C[C@@H]21. The molecule has 1 aliphatic heterocycles. The molecule has 0 unspecified atom stereocenters. The predicted molar refractivity (Wildman–Crippen MR) is 123 cm³/mol. The Morgan fingerprint density at radius 3 is 2.64 bits per heavy atom. The van der Waals surface area contributed by atoms with Gasteiger partial charge in [-0.2, -0.15) is 4.98 Å². The van der Waals surface area contributed by atoms with Crippen molar-refractivity contribution in [1.29, 1.82) is 0 Å². The van der Waals surface area contributed by atoms with Crippen molar-refractivity contribution in [2.24, 2.45) is 5.92 Å². The molecule has 1 aliphatic carbocycles. The summed E-state index contributed by atoms with van der Waals surface area (Å²) in [5.74, 6) is 0.607. The Morgan fingerprint density at radius 1 is 1.12 bits per heavy atom. The van der Waals surface area contributed by atoms with Crippen molar-refractivity contribution in [2.75, 3.05) is 13.1 Å². The van der Waals surface area contributed by atoms with Crippen molar-refractivity contribution in [3.8, 4) is 11.4 Å². The lowest BCUT2D eigenvalue weighted by Gasteiger charge is -2.34. The summed E-state index contributed by atoms with van der Waals surface area (Å²) in [5, 5.41) is 7.24. The summed E-state index contributed by atoms with van der Waals surface area (Å²) in [4.78, 5) is 32.7. The first kappa shape index (κ1) is 23.3. The summed E-state index contributed by atoms with van der Waals surface area (Å²) in [7, 11) is 0. The van der Waals surface area contributed by atoms with Gasteiger partial charge in [0, 0.05) is 30.6 Å². The van der Waals surface area contributed by atoms with E-state index >= 15 is 0 Å². The van der Waals surface area contributed by atoms with Crippen molar-refractivity contribution >= 4 is 12.0 Å². The molecule has 178 valence electrons. The Morgan fingerprint density at radius 2 is 1.88 bits per heavy atom. The maximum absolute atomic E-state index is 13.2. The highest BCUT2D eigenvalue weighted by molar-refractivity contribution is 5.81. The summed E-state index contributed by atoms with van der Waals surface area (Å²) in [5.41, 5.74) is 0.282. The Hall–Kier alpha value is -2.90. The summed E-state index contributed by atoms with van der Waals surface area (Å²) in [6, 6.07) is 9.40. The summed E-state index contributed by atoms with van der Waals surface area (Å²) < 4.78 is 11.4. The molecule has 33 heavy (non-hydrogen) atoms. The zero-order valence-corrected chi connectivity index (χ0v) is 19.8. The minimum atomic E-state index is -0.601. The molecule has 1 aromatic heterocycles. The molecule has 2 aromatic rings. The third-order valence-corrected chi connectivity index (χ3v) is 6.34. The molecule has 1 aromatic carbocycles. The summed E-state index contributed by atoms with van der Waals surface area (Å²) in [6.07, 6.45) is 4.68. The van der Waals surface area contributed by atoms with Gasteiger partial charge in [0.2, 0.25) is 17.6 Å². The van der Waals surface area contributed by atoms with E-state index in [-0.39, 0.29) is 29.9 Å². The van der Waals surface area contributed by atoms with Gasteiger partial charge in [0.05, 0.1) is 5.92 Å². The summed E-state index contributed by atoms with van der Waals surface area (Å²) in [6.45, 7) is 6.83. The molecule has 3 atom stereocenters. The second-order valence-electron chi connectivity index (χ2n) is 10.0. The molecule has 2 amide bonds. The van der Waals surface area contributed by atoms with Gasteiger partial charge in [0.25, 0.3) is 0 Å². The van der Waals surface area contributed by atoms with Gasteiger partial charge < -0.3 is 19.5 Å². The standard InChI is InChI=1S/C25H34N4O4/c1-25(2,3)32-24(31)29-14-10-5-4-9-13-26-22(30)19-15-18(16-20(19)29)23-27-21(28-33-23)17-11-7-6-8-12-17/h6-8,11-12,18-20H,4-5,9-10,13-16H2,1-3H3,(H,26,30)/t18-,19-,20+/m1/s1. The number of ether oxygens (including phenoxy) is 1. The minimum Gasteiger partial charge on any atom is -0.444 e. The Labute approximate surface area is 195 Å². The van der Waals surface area contributed by atoms with Crippen LogP contribution in [-0.4, -0.2) is 51.8 Å². The third-order valence-electron chi connectivity index (χ3n) is 6.34. The lowest BCUT2D eigenvalue weighted by Crippen LogP contribution is -2.48. The van der Waals surface area contributed by atoms with Gasteiger partial charge in [-0.15, -0.1) is 0 Å². The molecule has 2 fully saturated rings. The van der Waals surface area contributed by atoms with Gasteiger partial charge in [-0.25, -0.2) is 4.79 Å². The summed E-state index contributed by atoms with van der Waals surface area (Å²) >= 11 is 0. The smallest absolute Gasteiger partial charge is 0.410 e. The second kappa shape index (κ2) is 9.93. The fourth-order valence-electron chi connectivity index (χ4n) is 4.77. The van der Waals surface area contributed by atoms with Gasteiger partial charge in [0.1, 0.15) is 5.60 Å². The topological polar surface area (TPSA) is 97.6 Å². The first-order valence-electron chi connectivity index (χ1n) is 12.0. The Kier molecular flexibility index (Phi) is 7.00. The van der Waals surface area contributed by atoms with Crippen LogP contribution in [0.2, 0.25) is 0 Å². The number of hydrogen-bond donors (Lipinski definition) is 1. The van der Waals surface area contributed by atoms with Crippen LogP contribution >= 0.6 is 0 Å². The maximum atomic E-state index is 13.2. The molecule has 4 rings (SSSR count). The molecule has 0 bridgehead atoms. The van der Waals surface area contributed by atoms with E-state index < -0.39 is 5.60 Å². The van der Waals surface area contributed by atoms with Gasteiger partial charge in [-0.05, 0) is 46.5 Å². The maximum Gasteiger partial charge on any atom is 0.410 e. The minimum absolute atomic E-state index is 0.0132. The van der Waals surface area contributed by atoms with E-state index in [0.717, 1.165) is 31.2 Å². The fourth-order valence-corrected chi connectivity index (χ4v) is 4.77. The molecular weight excluding hydrogens is 420 g/mol. The van der Waals surface area contributed by atoms with E-state index in [2.05, 4.69) is 15.5 Å². The van der Waals surface area contributed by atoms with E-state index in [1.807, 2.05) is 51.1 Å². The van der Waals surface area contributed by atoms with Crippen molar-refractivity contribution in [1.82, 2.24) is 20.4 Å². The number of hydrogen-bond acceptors (Lipinski definition) is 6. The number of rotatable bonds is 2. The average molecular weight is 455 g/mol. The number of amides is 2. The van der Waals surface area contributed by atoms with Crippen LogP contribution in [0.1, 0.15) is 71.1 Å². The highest BCUT2D eigenvalue weighted by Gasteiger charge is 2.46. The fraction of sp³-hybridized carbons (Fsp3) is 0.600. The normalized spacial score (nSPS) is 24.5. The molecule has 8 heteroatoms. The van der Waals surface area contributed by atoms with Crippen molar-refractivity contribution < 1.29 is 18.8 Å². The second-order valence-corrected chi connectivity index (χ2v) is 10.0. The number of aromatic nitrogens is 2. The number of benzene rings is 1. The lowest BCUT2D eigenvalue weighted by molar-refractivity contribution is -0.126. The first-order chi connectivity index (χ1) is 15.8. The van der Waals surface area contributed by atoms with Crippen LogP contribution in [-0.2, 0) is 9.53 Å². The first-order valence-corrected chi connectivity index (χ1v) is 12.0. The van der Waals surface area contributed by atoms with Crippen molar-refractivity contribution in [3.63, 3.8) is 0 Å². The molecule has 2 heterocycles. The van der Waals surface area contributed by atoms with Crippen LogP contribution in [0.4, 0.5) is 4.79 Å². The molecule has 0 radical (unpaired) electrons. The molecule has 1 saturated heterocycles. The largest absolute Gasteiger partial charge is 0.444 e. The van der Waals surface area contributed by atoms with E-state index in [9.17, 15) is 9.59 Å². The van der Waals surface area contributed by atoms with Crippen LogP contribution in [0.15, 0.2) is 34.9 Å². The highest BCUT2D eigenvalue weighted by Crippen LogP contribution is 2.41. The zero-order chi connectivity index (χ0) is 23.4. The van der Waals surface area contributed by atoms with Crippen LogP contribution in [0.3, 0.4) is 0 Å². The third kappa shape index (κ3) is 5.72. The van der Waals surface area contributed by atoms with E-state index in [4.69, 9.17) is 9.26 Å². The van der Waals surface area contributed by atoms with Crippen molar-refractivity contribution in [3.05, 3.63) is 36.2 Å². The van der Waals surface area contributed by atoms with Gasteiger partial charge in [-0.1, -0.05) is 48.3 Å². The van der Waals surface area contributed by atoms with Crippen LogP contribution in [0, 0.1) is 5.92 Å². The van der Waals surface area contributed by atoms with Gasteiger partial charge in [-0.3, -0.25) is 4.79 Å². The van der Waals surface area contributed by atoms with Crippen LogP contribution in [0.5, 0.6) is 0 Å². The number of carbonyl (C=O) groups is 2. The number of nitrogens with zero attached hydrogens (tertiary/aromatic N) is 3. The van der Waals surface area contributed by atoms with Crippen LogP contribution < -0.4 is 5.32 Å². The zero-order valence-electron chi connectivity index (χ0n) is 19.8. The number of fused-ring (bicyclic) bond motifs is 1. The van der Waals surface area contributed by atoms with Crippen molar-refractivity contribution in [2.45, 2.75) is 76.9 Å². The Bertz CT molecular complexity index is 953. The molecule has 1 saturated carbocycles. The quantitative estimate of drug-likeness (QED) is 0.716. The monoisotopic (exact) mass is 454 g/mol. The molecule has 1 N–H and O–H groups in total. The number of carbonyl (C=O) groups excluding carboxylic acids is 2. The average Bonchev–Trinajstić information content (AvgIpc) is 3.42. The lowest BCUT2D eigenvalue weighted by atomic mass is 10.0. The van der Waals surface area contributed by atoms with E-state index in [0.29, 0.717) is 37.6 Å². The predicted octanol–water partition coefficient (Wildman–Crippen LogP) is 4.53. The van der Waals surface area contributed by atoms with Gasteiger partial charge >= 0.3 is 6.09 Å². The molecular formula is C25H34N4O4. The molecule has 0 spiro atoms. The molecule has 8 nitrogen and oxygen atoms in total. The van der Waals surface area contributed by atoms with E-state index in [1.165, 1.54) is 0 Å². The van der Waals surface area contributed by atoms with Crippen LogP contribution in [0.25, 0.3) is 11.4 Å². The number of nitrogens with one attached hydrogen (secondary N) is 1. The highest BCUT2D eigenvalue weighted by atomic mass is 16.6. The van der Waals surface area contributed by atoms with E-state index in [1.54, 1.807) is 4.90 Å². The van der Waals surface area contributed by atoms with Gasteiger partial charge in [0.15, 0.2) is 0 Å².